The maximum absolute atomic E-state index is 5.96. The largest absolute Gasteiger partial charge is 0.367 e. The highest BCUT2D eigenvalue weighted by molar-refractivity contribution is 7.09. The molecule has 1 fully saturated rings. The predicted octanol–water partition coefficient (Wildman–Crippen LogP) is 2.93. The molecule has 1 aromatic heterocycles. The van der Waals surface area contributed by atoms with E-state index < -0.39 is 0 Å². The van der Waals surface area contributed by atoms with Crippen LogP contribution in [0.15, 0.2) is 38.0 Å². The third kappa shape index (κ3) is 2.91. The van der Waals surface area contributed by atoms with E-state index in [-0.39, 0.29) is 17.7 Å². The molecule has 0 radical (unpaired) electrons. The van der Waals surface area contributed by atoms with Crippen molar-refractivity contribution in [3.05, 3.63) is 28.2 Å². The number of dihydropyridines is 1. The van der Waals surface area contributed by atoms with Gasteiger partial charge in [-0.1, -0.05) is 20.8 Å². The molecule has 2 atom stereocenters. The lowest BCUT2D eigenvalue weighted by molar-refractivity contribution is -0.00692. The summed E-state index contributed by atoms with van der Waals surface area (Å²) in [5.41, 5.74) is 1.98. The molecule has 0 spiro atoms. The second-order valence-corrected chi connectivity index (χ2v) is 7.94. The number of ether oxygens (including phenoxy) is 1. The Morgan fingerprint density at radius 3 is 2.96 bits per heavy atom. The van der Waals surface area contributed by atoms with E-state index in [9.17, 15) is 0 Å². The van der Waals surface area contributed by atoms with Crippen molar-refractivity contribution >= 4 is 22.9 Å². The molecule has 0 aliphatic carbocycles. The van der Waals surface area contributed by atoms with Crippen LogP contribution in [-0.4, -0.2) is 47.3 Å². The zero-order chi connectivity index (χ0) is 16.7. The van der Waals surface area contributed by atoms with Crippen molar-refractivity contribution in [1.29, 1.82) is 0 Å². The summed E-state index contributed by atoms with van der Waals surface area (Å²) in [5, 5.41) is 14.8. The van der Waals surface area contributed by atoms with Gasteiger partial charge in [-0.15, -0.1) is 21.6 Å². The van der Waals surface area contributed by atoms with Crippen LogP contribution in [0.5, 0.6) is 0 Å². The van der Waals surface area contributed by atoms with E-state index in [1.807, 2.05) is 12.2 Å². The van der Waals surface area contributed by atoms with Gasteiger partial charge in [-0.2, -0.15) is 0 Å². The van der Waals surface area contributed by atoms with E-state index in [0.29, 0.717) is 6.61 Å². The molecule has 7 nitrogen and oxygen atoms in total. The van der Waals surface area contributed by atoms with Gasteiger partial charge in [0.15, 0.2) is 0 Å². The maximum atomic E-state index is 5.96. The molecule has 2 unspecified atom stereocenters. The molecule has 4 rings (SSSR count). The monoisotopic (exact) mass is 344 g/mol. The molecule has 0 amide bonds. The van der Waals surface area contributed by atoms with Crippen LogP contribution in [0, 0.1) is 0 Å². The highest BCUT2D eigenvalue weighted by Gasteiger charge is 2.30. The molecule has 0 N–H and O–H groups in total. The predicted molar refractivity (Wildman–Crippen MR) is 93.7 cm³/mol. The molecule has 1 saturated heterocycles. The zero-order valence-electron chi connectivity index (χ0n) is 14.0. The summed E-state index contributed by atoms with van der Waals surface area (Å²) < 4.78 is 5.96. The number of aromatic nitrogens is 1. The summed E-state index contributed by atoms with van der Waals surface area (Å²) >= 11 is 1.67. The quantitative estimate of drug-likeness (QED) is 0.786. The Labute approximate surface area is 144 Å². The first-order valence-electron chi connectivity index (χ1n) is 8.07. The van der Waals surface area contributed by atoms with Gasteiger partial charge in [0.2, 0.25) is 6.17 Å². The van der Waals surface area contributed by atoms with Gasteiger partial charge in [0.1, 0.15) is 22.7 Å². The van der Waals surface area contributed by atoms with E-state index in [2.05, 4.69) is 51.5 Å². The highest BCUT2D eigenvalue weighted by atomic mass is 32.1. The average molecular weight is 344 g/mol. The van der Waals surface area contributed by atoms with E-state index >= 15 is 0 Å². The minimum absolute atomic E-state index is 0.0174. The summed E-state index contributed by atoms with van der Waals surface area (Å²) in [7, 11) is 0. The lowest BCUT2D eigenvalue weighted by Crippen LogP contribution is -2.43. The highest BCUT2D eigenvalue weighted by Crippen LogP contribution is 2.30. The first kappa shape index (κ1) is 15.6. The molecular weight excluding hydrogens is 324 g/mol. The fourth-order valence-corrected chi connectivity index (χ4v) is 3.83. The van der Waals surface area contributed by atoms with Crippen molar-refractivity contribution in [2.24, 2.45) is 20.4 Å². The second kappa shape index (κ2) is 5.86. The van der Waals surface area contributed by atoms with Gasteiger partial charge in [0.25, 0.3) is 0 Å². The van der Waals surface area contributed by atoms with Gasteiger partial charge >= 0.3 is 0 Å². The van der Waals surface area contributed by atoms with Crippen LogP contribution in [-0.2, 0) is 10.2 Å². The van der Waals surface area contributed by atoms with Crippen LogP contribution in [0.3, 0.4) is 0 Å². The van der Waals surface area contributed by atoms with E-state index in [4.69, 9.17) is 9.72 Å². The molecular formula is C16H20N6OS. The van der Waals surface area contributed by atoms with E-state index in [0.717, 1.165) is 35.3 Å². The number of hydrogen-bond acceptors (Lipinski definition) is 8. The number of fused-ring (bicyclic) bond motifs is 1. The molecule has 24 heavy (non-hydrogen) atoms. The molecule has 0 aromatic carbocycles. The summed E-state index contributed by atoms with van der Waals surface area (Å²) in [6, 6.07) is 0. The molecule has 1 aromatic rings. The normalized spacial score (nSPS) is 26.4. The minimum atomic E-state index is -0.279. The molecule has 4 heterocycles. The van der Waals surface area contributed by atoms with Crippen LogP contribution in [0.25, 0.3) is 0 Å². The molecule has 126 valence electrons. The maximum Gasteiger partial charge on any atom is 0.208 e. The van der Waals surface area contributed by atoms with Crippen LogP contribution >= 0.6 is 11.3 Å². The lowest BCUT2D eigenvalue weighted by atomic mass is 9.93. The van der Waals surface area contributed by atoms with Gasteiger partial charge in [-0.05, 0) is 17.4 Å². The van der Waals surface area contributed by atoms with Crippen LogP contribution in [0.2, 0.25) is 0 Å². The topological polar surface area (TPSA) is 74.8 Å². The van der Waals surface area contributed by atoms with Crippen LogP contribution in [0.1, 0.15) is 37.6 Å². The van der Waals surface area contributed by atoms with E-state index in [1.165, 1.54) is 0 Å². The number of thiazole rings is 1. The van der Waals surface area contributed by atoms with Gasteiger partial charge < -0.3 is 9.64 Å². The minimum Gasteiger partial charge on any atom is -0.367 e. The van der Waals surface area contributed by atoms with Gasteiger partial charge in [0, 0.05) is 17.3 Å². The van der Waals surface area contributed by atoms with Crippen LogP contribution < -0.4 is 0 Å². The average Bonchev–Trinajstić information content (AvgIpc) is 3.23. The number of morpholine rings is 1. The first-order chi connectivity index (χ1) is 11.5. The number of rotatable bonds is 1. The second-order valence-electron chi connectivity index (χ2n) is 7.05. The van der Waals surface area contributed by atoms with Gasteiger partial charge in [-0.25, -0.2) is 9.98 Å². The van der Waals surface area contributed by atoms with Crippen LogP contribution in [0.4, 0.5) is 0 Å². The van der Waals surface area contributed by atoms with Gasteiger partial charge in [0.05, 0.1) is 18.8 Å². The zero-order valence-corrected chi connectivity index (χ0v) is 14.8. The Morgan fingerprint density at radius 2 is 2.17 bits per heavy atom. The third-order valence-electron chi connectivity index (χ3n) is 4.20. The van der Waals surface area contributed by atoms with Crippen molar-refractivity contribution in [2.45, 2.75) is 38.5 Å². The lowest BCUT2D eigenvalue weighted by Gasteiger charge is -2.34. The smallest absolute Gasteiger partial charge is 0.208 e. The van der Waals surface area contributed by atoms with E-state index in [1.54, 1.807) is 11.3 Å². The molecule has 0 bridgehead atoms. The Hall–Kier alpha value is -1.93. The van der Waals surface area contributed by atoms with Crippen molar-refractivity contribution < 1.29 is 4.74 Å². The molecule has 3 aliphatic rings. The fraction of sp³-hybridized carbons (Fsp3) is 0.562. The first-order valence-corrected chi connectivity index (χ1v) is 8.95. The fourth-order valence-electron chi connectivity index (χ4n) is 2.75. The molecule has 0 saturated carbocycles. The van der Waals surface area contributed by atoms with Gasteiger partial charge in [-0.3, -0.25) is 0 Å². The Morgan fingerprint density at radius 1 is 1.29 bits per heavy atom. The van der Waals surface area contributed by atoms with Crippen molar-refractivity contribution in [1.82, 2.24) is 9.88 Å². The third-order valence-corrected chi connectivity index (χ3v) is 5.14. The summed E-state index contributed by atoms with van der Waals surface area (Å²) in [6.45, 7) is 8.75. The SMILES string of the molecule is CC(C)(C)c1csc(C2CN(C3=NC4N=NN=C4C=C3)CCO2)n1. The number of hydrogen-bond donors (Lipinski definition) is 0. The Balaban J connectivity index is 1.50. The molecule has 8 heteroatoms. The number of amidine groups is 1. The summed E-state index contributed by atoms with van der Waals surface area (Å²) in [4.78, 5) is 11.7. The Bertz CT molecular complexity index is 757. The van der Waals surface area contributed by atoms with Crippen molar-refractivity contribution in [3.63, 3.8) is 0 Å². The van der Waals surface area contributed by atoms with Crippen molar-refractivity contribution in [2.75, 3.05) is 19.7 Å². The number of nitrogens with zero attached hydrogens (tertiary/aromatic N) is 6. The number of aliphatic imine (C=N–C) groups is 1. The summed E-state index contributed by atoms with van der Waals surface area (Å²) in [5.74, 6) is 0.917. The molecule has 3 aliphatic heterocycles. The summed E-state index contributed by atoms with van der Waals surface area (Å²) in [6.07, 6.45) is 3.63. The Kier molecular flexibility index (Phi) is 3.80. The standard InChI is InChI=1S/C16H20N6OS/c1-16(2,3)12-9-24-15(17-12)11-8-22(6-7-23-11)13-5-4-10-14(18-13)20-21-19-10/h4-5,9,11,14H,6-8H2,1-3H3. The van der Waals surface area contributed by atoms with Crippen molar-refractivity contribution in [3.8, 4) is 0 Å².